The molecule has 0 bridgehead atoms. The smallest absolute Gasteiger partial charge is 0.384 e. The summed E-state index contributed by atoms with van der Waals surface area (Å²) in [5.41, 5.74) is 1.84. The quantitative estimate of drug-likeness (QED) is 0.0390. The Hall–Kier alpha value is -3.86. The largest absolute Gasteiger partial charge is 0.416 e. The van der Waals surface area contributed by atoms with Crippen molar-refractivity contribution in [1.29, 1.82) is 0 Å². The summed E-state index contributed by atoms with van der Waals surface area (Å²) in [6.45, 7) is 8.15. The highest BCUT2D eigenvalue weighted by molar-refractivity contribution is 6.76. The first-order valence-corrected chi connectivity index (χ1v) is 22.5. The molecule has 56 heavy (non-hydrogen) atoms. The number of hydrogen-bond acceptors (Lipinski definition) is 7. The van der Waals surface area contributed by atoms with Crippen LogP contribution in [0.25, 0.3) is 33.8 Å². The van der Waals surface area contributed by atoms with Gasteiger partial charge in [0.2, 0.25) is 0 Å². The molecule has 0 N–H and O–H groups in total. The molecule has 304 valence electrons. The second-order valence-corrected chi connectivity index (χ2v) is 22.1. The third-order valence-corrected chi connectivity index (χ3v) is 12.8. The average Bonchev–Trinajstić information content (AvgIpc) is 3.49. The van der Waals surface area contributed by atoms with Crippen LogP contribution < -0.4 is 4.90 Å². The normalized spacial score (nSPS) is 17.0. The SMILES string of the molecule is COCC1(CN(C)c2cc(-c3cc(F)cc(C(F)(F)F)c3)nc3nc(-c4ccc(C5CCN(C(F)(F)C(=O)F)CC5)cc4)n(COCC[Si](C)(C)C)c23)CCC1. The molecule has 0 amide bonds. The van der Waals surface area contributed by atoms with Crippen LogP contribution in [0.5, 0.6) is 0 Å². The van der Waals surface area contributed by atoms with Gasteiger partial charge in [-0.1, -0.05) is 50.3 Å². The van der Waals surface area contributed by atoms with E-state index in [0.29, 0.717) is 66.2 Å². The van der Waals surface area contributed by atoms with E-state index in [2.05, 4.69) is 19.6 Å². The Morgan fingerprint density at radius 3 is 2.23 bits per heavy atom. The van der Waals surface area contributed by atoms with Crippen LogP contribution in [0.2, 0.25) is 25.7 Å². The van der Waals surface area contributed by atoms with Crippen LogP contribution in [0, 0.1) is 11.2 Å². The molecule has 1 aliphatic carbocycles. The number of ether oxygens (including phenoxy) is 2. The fraction of sp³-hybridized carbons (Fsp3) is 0.525. The molecule has 1 saturated heterocycles. The number of carbonyl (C=O) groups is 1. The zero-order valence-electron chi connectivity index (χ0n) is 32.3. The van der Waals surface area contributed by atoms with Crippen molar-refractivity contribution in [2.45, 2.75) is 82.7 Å². The summed E-state index contributed by atoms with van der Waals surface area (Å²) in [6, 6.07) is 5.62. The molecular formula is C40H48F7N5O3Si. The van der Waals surface area contributed by atoms with E-state index in [0.717, 1.165) is 43.0 Å². The minimum atomic E-state index is -4.78. The number of pyridine rings is 1. The van der Waals surface area contributed by atoms with Gasteiger partial charge in [0.05, 0.1) is 23.6 Å². The van der Waals surface area contributed by atoms with E-state index in [1.807, 2.05) is 40.8 Å². The Morgan fingerprint density at radius 2 is 1.66 bits per heavy atom. The average molecular weight is 808 g/mol. The van der Waals surface area contributed by atoms with Gasteiger partial charge < -0.3 is 14.4 Å². The van der Waals surface area contributed by atoms with Crippen LogP contribution in [-0.4, -0.2) is 86.6 Å². The van der Waals surface area contributed by atoms with E-state index in [4.69, 9.17) is 19.4 Å². The van der Waals surface area contributed by atoms with Gasteiger partial charge in [-0.3, -0.25) is 9.36 Å². The highest BCUT2D eigenvalue weighted by atomic mass is 28.3. The summed E-state index contributed by atoms with van der Waals surface area (Å²) in [6.07, 6.45) is -1.25. The van der Waals surface area contributed by atoms with E-state index < -0.39 is 37.7 Å². The molecule has 2 aliphatic rings. The van der Waals surface area contributed by atoms with Gasteiger partial charge >= 0.3 is 18.3 Å². The van der Waals surface area contributed by atoms with E-state index in [-0.39, 0.29) is 48.1 Å². The molecule has 3 heterocycles. The number of halogens is 7. The summed E-state index contributed by atoms with van der Waals surface area (Å²) in [5, 5.41) is 0. The molecule has 16 heteroatoms. The van der Waals surface area contributed by atoms with Gasteiger partial charge in [-0.05, 0) is 67.5 Å². The summed E-state index contributed by atoms with van der Waals surface area (Å²) in [5.74, 6) is -0.657. The third-order valence-electron chi connectivity index (χ3n) is 11.0. The first-order chi connectivity index (χ1) is 26.3. The number of alkyl halides is 5. The Morgan fingerprint density at radius 1 is 0.982 bits per heavy atom. The molecule has 2 aromatic carbocycles. The fourth-order valence-corrected chi connectivity index (χ4v) is 8.53. The van der Waals surface area contributed by atoms with Gasteiger partial charge in [-0.2, -0.15) is 26.3 Å². The lowest BCUT2D eigenvalue weighted by Crippen LogP contribution is -2.49. The Labute approximate surface area is 323 Å². The van der Waals surface area contributed by atoms with Gasteiger partial charge in [0, 0.05) is 65.0 Å². The number of benzene rings is 2. The monoisotopic (exact) mass is 807 g/mol. The van der Waals surface area contributed by atoms with Gasteiger partial charge in [-0.15, -0.1) is 0 Å². The lowest BCUT2D eigenvalue weighted by Gasteiger charge is -2.44. The minimum Gasteiger partial charge on any atom is -0.384 e. The topological polar surface area (TPSA) is 72.7 Å². The van der Waals surface area contributed by atoms with Crippen molar-refractivity contribution < 1.29 is 45.0 Å². The number of piperidine rings is 1. The highest BCUT2D eigenvalue weighted by Gasteiger charge is 2.47. The van der Waals surface area contributed by atoms with Crippen molar-refractivity contribution in [3.63, 3.8) is 0 Å². The molecular weight excluding hydrogens is 760 g/mol. The molecule has 0 spiro atoms. The molecule has 0 unspecified atom stereocenters. The molecule has 4 aromatic rings. The van der Waals surface area contributed by atoms with Crippen LogP contribution in [0.3, 0.4) is 0 Å². The van der Waals surface area contributed by atoms with Crippen LogP contribution in [0.4, 0.5) is 36.4 Å². The molecule has 6 rings (SSSR count). The lowest BCUT2D eigenvalue weighted by atomic mass is 9.69. The minimum absolute atomic E-state index is 0.0457. The van der Waals surface area contributed by atoms with Gasteiger partial charge in [0.15, 0.2) is 5.65 Å². The van der Waals surface area contributed by atoms with E-state index in [1.165, 1.54) is 0 Å². The Kier molecular flexibility index (Phi) is 12.1. The Balaban J connectivity index is 1.43. The maximum absolute atomic E-state index is 14.7. The van der Waals surface area contributed by atoms with Crippen molar-refractivity contribution in [3.8, 4) is 22.6 Å². The predicted molar refractivity (Wildman–Crippen MR) is 204 cm³/mol. The third kappa shape index (κ3) is 9.13. The second-order valence-electron chi connectivity index (χ2n) is 16.5. The molecule has 2 fully saturated rings. The second kappa shape index (κ2) is 16.2. The molecule has 1 saturated carbocycles. The van der Waals surface area contributed by atoms with Crippen molar-refractivity contribution in [1.82, 2.24) is 19.4 Å². The van der Waals surface area contributed by atoms with Crippen molar-refractivity contribution >= 4 is 31.0 Å². The molecule has 0 radical (unpaired) electrons. The number of anilines is 1. The van der Waals surface area contributed by atoms with E-state index >= 15 is 0 Å². The number of rotatable bonds is 15. The van der Waals surface area contributed by atoms with Crippen LogP contribution in [0.15, 0.2) is 48.5 Å². The van der Waals surface area contributed by atoms with Crippen LogP contribution >= 0.6 is 0 Å². The van der Waals surface area contributed by atoms with Crippen molar-refractivity contribution in [2.75, 3.05) is 51.9 Å². The predicted octanol–water partition coefficient (Wildman–Crippen LogP) is 9.76. The zero-order chi connectivity index (χ0) is 40.6. The van der Waals surface area contributed by atoms with Crippen molar-refractivity contribution in [2.24, 2.45) is 5.41 Å². The molecule has 0 atom stereocenters. The molecule has 8 nitrogen and oxygen atoms in total. The summed E-state index contributed by atoms with van der Waals surface area (Å²) >= 11 is 0. The number of methoxy groups -OCH3 is 1. The number of hydrogen-bond donors (Lipinski definition) is 0. The first kappa shape index (κ1) is 41.8. The number of aromatic nitrogens is 3. The number of carbonyl (C=O) groups excluding carboxylic acids is 1. The van der Waals surface area contributed by atoms with Crippen LogP contribution in [0.1, 0.15) is 49.1 Å². The fourth-order valence-electron chi connectivity index (χ4n) is 7.78. The number of fused-ring (bicyclic) bond motifs is 1. The molecule has 1 aliphatic heterocycles. The summed E-state index contributed by atoms with van der Waals surface area (Å²) in [7, 11) is 2.11. The van der Waals surface area contributed by atoms with Gasteiger partial charge in [0.1, 0.15) is 23.9 Å². The van der Waals surface area contributed by atoms with Crippen molar-refractivity contribution in [3.05, 3.63) is 65.5 Å². The number of imidazole rings is 1. The van der Waals surface area contributed by atoms with Gasteiger partial charge in [-0.25, -0.2) is 19.3 Å². The van der Waals surface area contributed by atoms with E-state index in [1.54, 1.807) is 13.2 Å². The highest BCUT2D eigenvalue weighted by Crippen LogP contribution is 2.44. The maximum Gasteiger partial charge on any atom is 0.416 e. The first-order valence-electron chi connectivity index (χ1n) is 18.8. The molecule has 2 aromatic heterocycles. The number of likely N-dealkylation sites (tertiary alicyclic amines) is 1. The number of nitrogens with zero attached hydrogens (tertiary/aromatic N) is 5. The summed E-state index contributed by atoms with van der Waals surface area (Å²) < 4.78 is 111. The Bertz CT molecular complexity index is 2020. The summed E-state index contributed by atoms with van der Waals surface area (Å²) in [4.78, 5) is 23.2. The standard InChI is InChI=1S/C40H48F7N5O3Si/c1-50(23-38(24-54-2)13-6-14-38)33-22-32(29-19-30(39(43,44)45)21-31(41)20-29)48-35-34(33)52(25-55-17-18-56(3,4)5)36(49-35)28-9-7-26(8-10-28)27-11-15-51(16-12-27)40(46,47)37(42)53/h7-10,19-22,27H,6,11-18,23-25H2,1-5H3. The lowest BCUT2D eigenvalue weighted by molar-refractivity contribution is -0.191. The van der Waals surface area contributed by atoms with Crippen LogP contribution in [-0.2, 0) is 27.2 Å². The van der Waals surface area contributed by atoms with E-state index in [9.17, 15) is 35.5 Å². The maximum atomic E-state index is 14.7. The zero-order valence-corrected chi connectivity index (χ0v) is 33.3. The van der Waals surface area contributed by atoms with Gasteiger partial charge in [0.25, 0.3) is 0 Å².